The van der Waals surface area contributed by atoms with Gasteiger partial charge < -0.3 is 5.32 Å². The fourth-order valence-electron chi connectivity index (χ4n) is 5.73. The van der Waals surface area contributed by atoms with Gasteiger partial charge in [0.2, 0.25) is 0 Å². The average Bonchev–Trinajstić information content (AvgIpc) is 2.51. The minimum atomic E-state index is 0.0533. The summed E-state index contributed by atoms with van der Waals surface area (Å²) in [6.45, 7) is 2.83. The van der Waals surface area contributed by atoms with E-state index in [2.05, 4.69) is 10.3 Å². The Hall–Kier alpha value is -1.03. The number of carbonyl (C=O) groups excluding carboxylic acids is 1. The summed E-state index contributed by atoms with van der Waals surface area (Å²) in [6.07, 6.45) is 10.3. The molecular formula is C19H26N2OS. The van der Waals surface area contributed by atoms with Crippen molar-refractivity contribution in [3.63, 3.8) is 0 Å². The molecule has 5 rings (SSSR count). The van der Waals surface area contributed by atoms with E-state index in [1.165, 1.54) is 38.5 Å². The zero-order valence-electron chi connectivity index (χ0n) is 14.1. The van der Waals surface area contributed by atoms with E-state index >= 15 is 0 Å². The van der Waals surface area contributed by atoms with Crippen LogP contribution in [0.2, 0.25) is 0 Å². The first-order valence-corrected chi connectivity index (χ1v) is 10.1. The molecule has 0 spiro atoms. The zero-order chi connectivity index (χ0) is 16.0. The minimum Gasteiger partial charge on any atom is -0.351 e. The van der Waals surface area contributed by atoms with Crippen LogP contribution in [-0.2, 0) is 0 Å². The van der Waals surface area contributed by atoms with E-state index in [1.807, 2.05) is 25.3 Å². The summed E-state index contributed by atoms with van der Waals surface area (Å²) in [4.78, 5) is 17.2. The fourth-order valence-corrected chi connectivity index (χ4v) is 6.35. The molecule has 0 radical (unpaired) electrons. The monoisotopic (exact) mass is 330 g/mol. The SMILES string of the molecule is CSc1nc(C)ccc1C(=O)NCC12CC3CC(CC(C3)C1)C2. The van der Waals surface area contributed by atoms with Gasteiger partial charge in [-0.1, -0.05) is 0 Å². The summed E-state index contributed by atoms with van der Waals surface area (Å²) in [5.74, 6) is 2.85. The number of aromatic nitrogens is 1. The predicted octanol–water partition coefficient (Wildman–Crippen LogP) is 4.06. The van der Waals surface area contributed by atoms with E-state index in [9.17, 15) is 4.79 Å². The molecule has 23 heavy (non-hydrogen) atoms. The number of nitrogens with one attached hydrogen (secondary N) is 1. The van der Waals surface area contributed by atoms with Crippen LogP contribution in [0, 0.1) is 30.1 Å². The number of pyridine rings is 1. The minimum absolute atomic E-state index is 0.0533. The lowest BCUT2D eigenvalue weighted by molar-refractivity contribution is -0.0503. The van der Waals surface area contributed by atoms with Crippen molar-refractivity contribution in [3.8, 4) is 0 Å². The van der Waals surface area contributed by atoms with Gasteiger partial charge >= 0.3 is 0 Å². The Labute approximate surface area is 143 Å². The van der Waals surface area contributed by atoms with E-state index < -0.39 is 0 Å². The van der Waals surface area contributed by atoms with Gasteiger partial charge in [-0.05, 0) is 87.0 Å². The lowest BCUT2D eigenvalue weighted by Gasteiger charge is -2.56. The Kier molecular flexibility index (Phi) is 3.91. The van der Waals surface area contributed by atoms with Gasteiger partial charge in [-0.25, -0.2) is 4.98 Å². The Morgan fingerprint density at radius 3 is 2.39 bits per heavy atom. The number of aryl methyl sites for hydroxylation is 1. The molecule has 4 saturated carbocycles. The Balaban J connectivity index is 1.46. The van der Waals surface area contributed by atoms with Crippen molar-refractivity contribution in [2.24, 2.45) is 23.2 Å². The predicted molar refractivity (Wildman–Crippen MR) is 93.7 cm³/mol. The first kappa shape index (κ1) is 15.5. The van der Waals surface area contributed by atoms with E-state index in [0.717, 1.165) is 40.6 Å². The summed E-state index contributed by atoms with van der Waals surface area (Å²) in [5.41, 5.74) is 2.09. The number of nitrogens with zero attached hydrogens (tertiary/aromatic N) is 1. The Bertz CT molecular complexity index is 593. The number of rotatable bonds is 4. The summed E-state index contributed by atoms with van der Waals surface area (Å²) >= 11 is 1.55. The Morgan fingerprint density at radius 2 is 1.83 bits per heavy atom. The number of carbonyl (C=O) groups is 1. The van der Waals surface area contributed by atoms with E-state index in [0.29, 0.717) is 5.41 Å². The molecule has 0 aromatic carbocycles. The van der Waals surface area contributed by atoms with E-state index in [4.69, 9.17) is 0 Å². The van der Waals surface area contributed by atoms with Crippen LogP contribution in [0.4, 0.5) is 0 Å². The zero-order valence-corrected chi connectivity index (χ0v) is 14.9. The molecule has 0 atom stereocenters. The molecule has 124 valence electrons. The molecule has 4 aliphatic carbocycles. The van der Waals surface area contributed by atoms with Crippen molar-refractivity contribution in [2.75, 3.05) is 12.8 Å². The standard InChI is InChI=1S/C19H26N2OS/c1-12-3-4-16(18(21-12)23-2)17(22)20-11-19-8-13-5-14(9-19)7-15(6-13)10-19/h3-4,13-15H,5-11H2,1-2H3,(H,20,22). The smallest absolute Gasteiger partial charge is 0.254 e. The Morgan fingerprint density at radius 1 is 1.22 bits per heavy atom. The first-order chi connectivity index (χ1) is 11.1. The molecule has 0 aliphatic heterocycles. The summed E-state index contributed by atoms with van der Waals surface area (Å²) in [6, 6.07) is 3.85. The van der Waals surface area contributed by atoms with Crippen LogP contribution in [0.3, 0.4) is 0 Å². The van der Waals surface area contributed by atoms with Crippen LogP contribution >= 0.6 is 11.8 Å². The van der Waals surface area contributed by atoms with Crippen molar-refractivity contribution < 1.29 is 4.79 Å². The number of hydrogen-bond donors (Lipinski definition) is 1. The van der Waals surface area contributed by atoms with Gasteiger partial charge in [-0.3, -0.25) is 4.79 Å². The molecule has 3 nitrogen and oxygen atoms in total. The van der Waals surface area contributed by atoms with Crippen LogP contribution in [0.25, 0.3) is 0 Å². The van der Waals surface area contributed by atoms with E-state index in [-0.39, 0.29) is 5.91 Å². The summed E-state index contributed by atoms with van der Waals surface area (Å²) in [5, 5.41) is 4.10. The highest BCUT2D eigenvalue weighted by Gasteiger charge is 2.50. The normalized spacial score (nSPS) is 34.6. The third-order valence-corrected chi connectivity index (χ3v) is 6.92. The van der Waals surface area contributed by atoms with Crippen LogP contribution in [0.1, 0.15) is 54.6 Å². The van der Waals surface area contributed by atoms with Crippen LogP contribution < -0.4 is 5.32 Å². The van der Waals surface area contributed by atoms with Gasteiger partial charge in [0.15, 0.2) is 0 Å². The second-order valence-corrected chi connectivity index (χ2v) is 8.90. The second kappa shape index (κ2) is 5.80. The highest BCUT2D eigenvalue weighted by Crippen LogP contribution is 2.59. The lowest BCUT2D eigenvalue weighted by atomic mass is 9.49. The maximum Gasteiger partial charge on any atom is 0.254 e. The van der Waals surface area contributed by atoms with Gasteiger partial charge in [0.05, 0.1) is 5.56 Å². The molecule has 4 fully saturated rings. The van der Waals surface area contributed by atoms with Crippen LogP contribution in [0.15, 0.2) is 17.2 Å². The maximum atomic E-state index is 12.7. The quantitative estimate of drug-likeness (QED) is 0.847. The summed E-state index contributed by atoms with van der Waals surface area (Å²) < 4.78 is 0. The third-order valence-electron chi connectivity index (χ3n) is 6.23. The molecule has 1 heterocycles. The van der Waals surface area contributed by atoms with Crippen molar-refractivity contribution in [2.45, 2.75) is 50.5 Å². The largest absolute Gasteiger partial charge is 0.351 e. The molecule has 4 bridgehead atoms. The topological polar surface area (TPSA) is 42.0 Å². The molecule has 1 amide bonds. The average molecular weight is 330 g/mol. The van der Waals surface area contributed by atoms with Gasteiger partial charge in [0.25, 0.3) is 5.91 Å². The van der Waals surface area contributed by atoms with Crippen LogP contribution in [-0.4, -0.2) is 23.7 Å². The van der Waals surface area contributed by atoms with Gasteiger partial charge in [0.1, 0.15) is 5.03 Å². The van der Waals surface area contributed by atoms with E-state index in [1.54, 1.807) is 11.8 Å². The van der Waals surface area contributed by atoms with Crippen molar-refractivity contribution in [1.82, 2.24) is 10.3 Å². The highest BCUT2D eigenvalue weighted by atomic mass is 32.2. The highest BCUT2D eigenvalue weighted by molar-refractivity contribution is 7.98. The molecule has 1 aromatic heterocycles. The molecule has 0 unspecified atom stereocenters. The van der Waals surface area contributed by atoms with Gasteiger partial charge in [-0.15, -0.1) is 11.8 Å². The molecule has 4 heteroatoms. The molecule has 1 aromatic rings. The number of amides is 1. The van der Waals surface area contributed by atoms with Crippen LogP contribution in [0.5, 0.6) is 0 Å². The van der Waals surface area contributed by atoms with Crippen molar-refractivity contribution in [3.05, 3.63) is 23.4 Å². The molecule has 0 saturated heterocycles. The first-order valence-electron chi connectivity index (χ1n) is 8.87. The van der Waals surface area contributed by atoms with Crippen molar-refractivity contribution in [1.29, 1.82) is 0 Å². The maximum absolute atomic E-state index is 12.7. The second-order valence-electron chi connectivity index (χ2n) is 8.11. The third kappa shape index (κ3) is 2.90. The molecule has 4 aliphatic rings. The molecular weight excluding hydrogens is 304 g/mol. The van der Waals surface area contributed by atoms with Gasteiger partial charge in [0, 0.05) is 12.2 Å². The van der Waals surface area contributed by atoms with Gasteiger partial charge in [-0.2, -0.15) is 0 Å². The summed E-state index contributed by atoms with van der Waals surface area (Å²) in [7, 11) is 0. The number of thioether (sulfide) groups is 1. The van der Waals surface area contributed by atoms with Crippen molar-refractivity contribution >= 4 is 17.7 Å². The lowest BCUT2D eigenvalue weighted by Crippen LogP contribution is -2.51. The fraction of sp³-hybridized carbons (Fsp3) is 0.684. The molecule has 1 N–H and O–H groups in total. The number of hydrogen-bond acceptors (Lipinski definition) is 3.